The molecule has 5 nitrogen and oxygen atoms in total. The lowest BCUT2D eigenvalue weighted by Crippen LogP contribution is -2.34. The first kappa shape index (κ1) is 16.5. The van der Waals surface area contributed by atoms with E-state index in [2.05, 4.69) is 10.6 Å². The summed E-state index contributed by atoms with van der Waals surface area (Å²) in [4.78, 5) is 12.1. The molecule has 1 amide bonds. The minimum Gasteiger partial charge on any atom is -0.494 e. The molecule has 0 aromatic heterocycles. The van der Waals surface area contributed by atoms with Crippen molar-refractivity contribution >= 4 is 28.9 Å². The molecule has 116 valence electrons. The van der Waals surface area contributed by atoms with Crippen molar-refractivity contribution in [2.45, 2.75) is 6.92 Å². The van der Waals surface area contributed by atoms with Gasteiger partial charge in [-0.2, -0.15) is 5.26 Å². The average molecular weight is 325 g/mol. The van der Waals surface area contributed by atoms with Gasteiger partial charge < -0.3 is 10.1 Å². The zero-order chi connectivity index (χ0) is 16.7. The highest BCUT2D eigenvalue weighted by atomic mass is 32.1. The van der Waals surface area contributed by atoms with E-state index in [-0.39, 0.29) is 11.0 Å². The van der Waals surface area contributed by atoms with E-state index < -0.39 is 0 Å². The first-order valence-electron chi connectivity index (χ1n) is 6.97. The topological polar surface area (TPSA) is 74.2 Å². The molecule has 2 aromatic carbocycles. The zero-order valence-electron chi connectivity index (χ0n) is 12.5. The molecule has 2 aromatic rings. The third kappa shape index (κ3) is 4.80. The molecule has 23 heavy (non-hydrogen) atoms. The van der Waals surface area contributed by atoms with Crippen LogP contribution >= 0.6 is 12.2 Å². The number of nitrogens with zero attached hydrogens (tertiary/aromatic N) is 1. The predicted octanol–water partition coefficient (Wildman–Crippen LogP) is 3.08. The number of carbonyl (C=O) groups excluding carboxylic acids is 1. The molecule has 0 bridgehead atoms. The summed E-state index contributed by atoms with van der Waals surface area (Å²) >= 11 is 5.11. The van der Waals surface area contributed by atoms with Crippen LogP contribution in [0.5, 0.6) is 5.75 Å². The Morgan fingerprint density at radius 1 is 1.26 bits per heavy atom. The van der Waals surface area contributed by atoms with E-state index in [9.17, 15) is 4.79 Å². The van der Waals surface area contributed by atoms with Crippen molar-refractivity contribution in [3.63, 3.8) is 0 Å². The van der Waals surface area contributed by atoms with Crippen LogP contribution in [0.15, 0.2) is 48.5 Å². The highest BCUT2D eigenvalue weighted by Crippen LogP contribution is 2.12. The number of nitriles is 1. The maximum Gasteiger partial charge on any atom is 0.257 e. The lowest BCUT2D eigenvalue weighted by atomic mass is 10.2. The van der Waals surface area contributed by atoms with Gasteiger partial charge in [0.05, 0.1) is 18.2 Å². The van der Waals surface area contributed by atoms with E-state index >= 15 is 0 Å². The van der Waals surface area contributed by atoms with Gasteiger partial charge in [0.2, 0.25) is 0 Å². The van der Waals surface area contributed by atoms with Crippen LogP contribution in [0, 0.1) is 11.3 Å². The molecule has 0 aliphatic heterocycles. The first-order valence-corrected chi connectivity index (χ1v) is 7.38. The third-order valence-electron chi connectivity index (χ3n) is 2.90. The number of anilines is 1. The second-order valence-corrected chi connectivity index (χ2v) is 4.97. The number of amides is 1. The van der Waals surface area contributed by atoms with E-state index in [1.54, 1.807) is 48.5 Å². The highest BCUT2D eigenvalue weighted by molar-refractivity contribution is 7.80. The van der Waals surface area contributed by atoms with Crippen LogP contribution in [-0.2, 0) is 0 Å². The molecule has 0 atom stereocenters. The van der Waals surface area contributed by atoms with Gasteiger partial charge in [-0.1, -0.05) is 6.07 Å². The van der Waals surface area contributed by atoms with E-state index in [1.807, 2.05) is 13.0 Å². The van der Waals surface area contributed by atoms with Crippen LogP contribution in [0.1, 0.15) is 22.8 Å². The number of hydrogen-bond acceptors (Lipinski definition) is 4. The molecule has 6 heteroatoms. The SMILES string of the molecule is CCOc1ccc(C(=O)NC(=S)Nc2cccc(C#N)c2)cc1. The van der Waals surface area contributed by atoms with Gasteiger partial charge in [0, 0.05) is 11.3 Å². The number of benzene rings is 2. The molecular formula is C17H15N3O2S. The minimum absolute atomic E-state index is 0.166. The van der Waals surface area contributed by atoms with Crippen molar-refractivity contribution in [3.05, 3.63) is 59.7 Å². The molecular weight excluding hydrogens is 310 g/mol. The summed E-state index contributed by atoms with van der Waals surface area (Å²) in [6.45, 7) is 2.47. The Kier molecular flexibility index (Phi) is 5.67. The van der Waals surface area contributed by atoms with Gasteiger partial charge in [-0.25, -0.2) is 0 Å². The van der Waals surface area contributed by atoms with Gasteiger partial charge in [-0.05, 0) is 61.6 Å². The Hall–Kier alpha value is -2.91. The Labute approximate surface area is 139 Å². The molecule has 0 aliphatic carbocycles. The normalized spacial score (nSPS) is 9.57. The molecule has 0 aliphatic rings. The van der Waals surface area contributed by atoms with Gasteiger partial charge in [-0.15, -0.1) is 0 Å². The van der Waals surface area contributed by atoms with Gasteiger partial charge in [-0.3, -0.25) is 10.1 Å². The summed E-state index contributed by atoms with van der Waals surface area (Å²) in [5, 5.41) is 14.5. The van der Waals surface area contributed by atoms with Crippen LogP contribution in [0.3, 0.4) is 0 Å². The zero-order valence-corrected chi connectivity index (χ0v) is 13.3. The molecule has 2 N–H and O–H groups in total. The van der Waals surface area contributed by atoms with Gasteiger partial charge >= 0.3 is 0 Å². The minimum atomic E-state index is -0.318. The third-order valence-corrected chi connectivity index (χ3v) is 3.11. The lowest BCUT2D eigenvalue weighted by molar-refractivity contribution is 0.0977. The summed E-state index contributed by atoms with van der Waals surface area (Å²) < 4.78 is 5.33. The Bertz CT molecular complexity index is 751. The lowest BCUT2D eigenvalue weighted by Gasteiger charge is -2.10. The van der Waals surface area contributed by atoms with E-state index in [1.165, 1.54) is 0 Å². The molecule has 0 heterocycles. The molecule has 0 spiro atoms. The van der Waals surface area contributed by atoms with Gasteiger partial charge in [0.1, 0.15) is 5.75 Å². The summed E-state index contributed by atoms with van der Waals surface area (Å²) in [7, 11) is 0. The molecule has 0 unspecified atom stereocenters. The van der Waals surface area contributed by atoms with Crippen molar-refractivity contribution in [2.75, 3.05) is 11.9 Å². The van der Waals surface area contributed by atoms with Crippen molar-refractivity contribution in [1.82, 2.24) is 5.32 Å². The van der Waals surface area contributed by atoms with E-state index in [0.29, 0.717) is 29.2 Å². The number of carbonyl (C=O) groups is 1. The monoisotopic (exact) mass is 325 g/mol. The second kappa shape index (κ2) is 7.92. The van der Waals surface area contributed by atoms with E-state index in [4.69, 9.17) is 22.2 Å². The quantitative estimate of drug-likeness (QED) is 0.845. The average Bonchev–Trinajstić information content (AvgIpc) is 2.55. The summed E-state index contributed by atoms with van der Waals surface area (Å²) in [5.41, 5.74) is 1.63. The fourth-order valence-electron chi connectivity index (χ4n) is 1.87. The summed E-state index contributed by atoms with van der Waals surface area (Å²) in [5.74, 6) is 0.389. The molecule has 0 radical (unpaired) electrons. The van der Waals surface area contributed by atoms with Gasteiger partial charge in [0.25, 0.3) is 5.91 Å². The maximum atomic E-state index is 12.1. The Balaban J connectivity index is 1.96. The van der Waals surface area contributed by atoms with Crippen molar-refractivity contribution in [1.29, 1.82) is 5.26 Å². The number of ether oxygens (including phenoxy) is 1. The number of hydrogen-bond donors (Lipinski definition) is 2. The first-order chi connectivity index (χ1) is 11.1. The van der Waals surface area contributed by atoms with Crippen LogP contribution in [0.2, 0.25) is 0 Å². The fourth-order valence-corrected chi connectivity index (χ4v) is 2.08. The van der Waals surface area contributed by atoms with Crippen molar-refractivity contribution in [3.8, 4) is 11.8 Å². The molecule has 0 saturated heterocycles. The molecule has 0 fully saturated rings. The molecule has 2 rings (SSSR count). The maximum absolute atomic E-state index is 12.1. The Morgan fingerprint density at radius 3 is 2.65 bits per heavy atom. The van der Waals surface area contributed by atoms with Crippen LogP contribution < -0.4 is 15.4 Å². The molecule has 0 saturated carbocycles. The number of rotatable bonds is 4. The standard InChI is InChI=1S/C17H15N3O2S/c1-2-22-15-8-6-13(7-9-15)16(21)20-17(23)19-14-5-3-4-12(10-14)11-18/h3-10H,2H2,1H3,(H2,19,20,21,23). The number of nitrogens with one attached hydrogen (secondary N) is 2. The van der Waals surface area contributed by atoms with Crippen LogP contribution in [0.25, 0.3) is 0 Å². The fraction of sp³-hybridized carbons (Fsp3) is 0.118. The predicted molar refractivity (Wildman–Crippen MR) is 92.5 cm³/mol. The second-order valence-electron chi connectivity index (χ2n) is 4.56. The van der Waals surface area contributed by atoms with Gasteiger partial charge in [0.15, 0.2) is 5.11 Å². The summed E-state index contributed by atoms with van der Waals surface area (Å²) in [6, 6.07) is 15.7. The van der Waals surface area contributed by atoms with Crippen LogP contribution in [-0.4, -0.2) is 17.6 Å². The smallest absolute Gasteiger partial charge is 0.257 e. The highest BCUT2D eigenvalue weighted by Gasteiger charge is 2.08. The number of thiocarbonyl (C=S) groups is 1. The Morgan fingerprint density at radius 2 is 2.00 bits per heavy atom. The van der Waals surface area contributed by atoms with E-state index in [0.717, 1.165) is 0 Å². The van der Waals surface area contributed by atoms with Crippen molar-refractivity contribution in [2.24, 2.45) is 0 Å². The largest absolute Gasteiger partial charge is 0.494 e. The summed E-state index contributed by atoms with van der Waals surface area (Å²) in [6.07, 6.45) is 0. The van der Waals surface area contributed by atoms with Crippen molar-refractivity contribution < 1.29 is 9.53 Å². The van der Waals surface area contributed by atoms with Crippen LogP contribution in [0.4, 0.5) is 5.69 Å².